The SMILES string of the molecule is CCOC(=O)c1c(NC(=O)C2(S(=O)(=O)c3ccccc3)CC2)sc(C)c1C. The molecule has 27 heavy (non-hydrogen) atoms. The van der Waals surface area contributed by atoms with Crippen LogP contribution in [0.15, 0.2) is 35.2 Å². The van der Waals surface area contributed by atoms with Gasteiger partial charge in [-0.3, -0.25) is 4.79 Å². The molecule has 1 N–H and O–H groups in total. The fourth-order valence-corrected chi connectivity index (χ4v) is 5.88. The third kappa shape index (κ3) is 3.27. The lowest BCUT2D eigenvalue weighted by Gasteiger charge is -2.16. The normalized spacial score (nSPS) is 15.2. The molecule has 1 aromatic carbocycles. The minimum absolute atomic E-state index is 0.127. The van der Waals surface area contributed by atoms with Crippen LogP contribution < -0.4 is 5.32 Å². The number of ether oxygens (including phenoxy) is 1. The third-order valence-corrected chi connectivity index (χ3v) is 8.42. The Labute approximate surface area is 162 Å². The van der Waals surface area contributed by atoms with Crippen LogP contribution in [-0.2, 0) is 19.4 Å². The minimum Gasteiger partial charge on any atom is -0.462 e. The Bertz CT molecular complexity index is 989. The average molecular weight is 408 g/mol. The summed E-state index contributed by atoms with van der Waals surface area (Å²) in [5.74, 6) is -1.12. The number of amides is 1. The average Bonchev–Trinajstić information content (AvgIpc) is 3.40. The molecule has 8 heteroatoms. The molecule has 0 atom stereocenters. The van der Waals surface area contributed by atoms with E-state index >= 15 is 0 Å². The minimum atomic E-state index is -3.82. The highest BCUT2D eigenvalue weighted by Gasteiger charge is 2.61. The molecule has 0 saturated heterocycles. The molecule has 6 nitrogen and oxygen atoms in total. The Morgan fingerprint density at radius 1 is 1.19 bits per heavy atom. The van der Waals surface area contributed by atoms with Crippen LogP contribution >= 0.6 is 11.3 Å². The van der Waals surface area contributed by atoms with Gasteiger partial charge in [-0.1, -0.05) is 18.2 Å². The number of carbonyl (C=O) groups excluding carboxylic acids is 2. The molecule has 0 radical (unpaired) electrons. The van der Waals surface area contributed by atoms with Gasteiger partial charge in [0, 0.05) is 4.88 Å². The van der Waals surface area contributed by atoms with Gasteiger partial charge in [0.15, 0.2) is 14.6 Å². The summed E-state index contributed by atoms with van der Waals surface area (Å²) in [6, 6.07) is 7.97. The van der Waals surface area contributed by atoms with E-state index in [1.54, 1.807) is 32.0 Å². The van der Waals surface area contributed by atoms with Crippen molar-refractivity contribution in [1.29, 1.82) is 0 Å². The van der Waals surface area contributed by atoms with Gasteiger partial charge in [-0.2, -0.15) is 0 Å². The molecule has 0 unspecified atom stereocenters. The first-order chi connectivity index (χ1) is 12.7. The number of sulfone groups is 1. The summed E-state index contributed by atoms with van der Waals surface area (Å²) < 4.78 is 29.6. The monoisotopic (exact) mass is 407 g/mol. The maximum Gasteiger partial charge on any atom is 0.341 e. The highest BCUT2D eigenvalue weighted by molar-refractivity contribution is 7.94. The predicted molar refractivity (Wildman–Crippen MR) is 104 cm³/mol. The van der Waals surface area contributed by atoms with Crippen LogP contribution in [0.5, 0.6) is 0 Å². The van der Waals surface area contributed by atoms with Crippen LogP contribution in [0.4, 0.5) is 5.00 Å². The molecule has 1 saturated carbocycles. The zero-order chi connectivity index (χ0) is 19.8. The van der Waals surface area contributed by atoms with E-state index in [1.165, 1.54) is 23.5 Å². The number of hydrogen-bond donors (Lipinski definition) is 1. The number of hydrogen-bond acceptors (Lipinski definition) is 6. The zero-order valence-corrected chi connectivity index (χ0v) is 17.0. The van der Waals surface area contributed by atoms with Crippen molar-refractivity contribution in [1.82, 2.24) is 0 Å². The first kappa shape index (κ1) is 19.6. The molecule has 3 rings (SSSR count). The standard InChI is InChI=1S/C19H21NO5S2/c1-4-25-17(21)15-12(2)13(3)26-16(15)20-18(22)19(10-11-19)27(23,24)14-8-6-5-7-9-14/h5-9H,4,10-11H2,1-3H3,(H,20,22). The van der Waals surface area contributed by atoms with Gasteiger partial charge in [0.2, 0.25) is 5.91 Å². The number of aryl methyl sites for hydroxylation is 1. The Morgan fingerprint density at radius 2 is 1.81 bits per heavy atom. The van der Waals surface area contributed by atoms with E-state index in [0.717, 1.165) is 10.4 Å². The Kier molecular flexibility index (Phi) is 5.14. The van der Waals surface area contributed by atoms with Crippen molar-refractivity contribution in [2.24, 2.45) is 0 Å². The molecule has 0 spiro atoms. The summed E-state index contributed by atoms with van der Waals surface area (Å²) in [6.07, 6.45) is 0.516. The van der Waals surface area contributed by atoms with Crippen LogP contribution in [0.1, 0.15) is 40.6 Å². The summed E-state index contributed by atoms with van der Waals surface area (Å²) in [4.78, 5) is 26.2. The summed E-state index contributed by atoms with van der Waals surface area (Å²) in [5, 5.41) is 3.03. The maximum atomic E-state index is 13.0. The van der Waals surface area contributed by atoms with E-state index in [-0.39, 0.29) is 24.3 Å². The van der Waals surface area contributed by atoms with Crippen molar-refractivity contribution >= 4 is 38.1 Å². The quantitative estimate of drug-likeness (QED) is 0.741. The lowest BCUT2D eigenvalue weighted by atomic mass is 10.1. The smallest absolute Gasteiger partial charge is 0.341 e. The molecule has 1 aliphatic carbocycles. The summed E-state index contributed by atoms with van der Waals surface area (Å²) in [6.45, 7) is 5.54. The Hall–Kier alpha value is -2.19. The topological polar surface area (TPSA) is 89.5 Å². The van der Waals surface area contributed by atoms with Crippen LogP contribution in [0.2, 0.25) is 0 Å². The fourth-order valence-electron chi connectivity index (χ4n) is 2.94. The third-order valence-electron chi connectivity index (χ3n) is 4.78. The van der Waals surface area contributed by atoms with E-state index in [0.29, 0.717) is 10.6 Å². The maximum absolute atomic E-state index is 13.0. The second-order valence-corrected chi connectivity index (χ2v) is 9.96. The second kappa shape index (κ2) is 7.09. The van der Waals surface area contributed by atoms with Crippen LogP contribution in [0.25, 0.3) is 0 Å². The van der Waals surface area contributed by atoms with Crippen LogP contribution in [0, 0.1) is 13.8 Å². The van der Waals surface area contributed by atoms with Crippen molar-refractivity contribution in [3.63, 3.8) is 0 Å². The van der Waals surface area contributed by atoms with E-state index < -0.39 is 26.5 Å². The van der Waals surface area contributed by atoms with Gasteiger partial charge in [0.25, 0.3) is 0 Å². The molecule has 144 valence electrons. The first-order valence-corrected chi connectivity index (χ1v) is 10.9. The van der Waals surface area contributed by atoms with E-state index in [4.69, 9.17) is 4.74 Å². The van der Waals surface area contributed by atoms with Gasteiger partial charge in [-0.05, 0) is 51.3 Å². The number of carbonyl (C=O) groups is 2. The molecule has 2 aromatic rings. The van der Waals surface area contributed by atoms with Gasteiger partial charge in [0.1, 0.15) is 5.00 Å². The molecule has 0 aliphatic heterocycles. The molecule has 1 aliphatic rings. The van der Waals surface area contributed by atoms with Gasteiger partial charge in [-0.25, -0.2) is 13.2 Å². The lowest BCUT2D eigenvalue weighted by Crippen LogP contribution is -2.37. The van der Waals surface area contributed by atoms with Crippen molar-refractivity contribution < 1.29 is 22.7 Å². The highest BCUT2D eigenvalue weighted by Crippen LogP contribution is 2.48. The number of anilines is 1. The van der Waals surface area contributed by atoms with Crippen LogP contribution in [-0.4, -0.2) is 31.6 Å². The fraction of sp³-hybridized carbons (Fsp3) is 0.368. The molecule has 1 aromatic heterocycles. The van der Waals surface area contributed by atoms with Crippen LogP contribution in [0.3, 0.4) is 0 Å². The van der Waals surface area contributed by atoms with Crippen molar-refractivity contribution in [3.8, 4) is 0 Å². The lowest BCUT2D eigenvalue weighted by molar-refractivity contribution is -0.116. The second-order valence-electron chi connectivity index (χ2n) is 6.47. The van der Waals surface area contributed by atoms with Crippen molar-refractivity contribution in [2.45, 2.75) is 43.3 Å². The summed E-state index contributed by atoms with van der Waals surface area (Å²) in [5.41, 5.74) is 1.02. The number of benzene rings is 1. The zero-order valence-electron chi connectivity index (χ0n) is 15.4. The number of esters is 1. The van der Waals surface area contributed by atoms with E-state index in [9.17, 15) is 18.0 Å². The largest absolute Gasteiger partial charge is 0.462 e. The molecule has 1 amide bonds. The Morgan fingerprint density at radius 3 is 2.37 bits per heavy atom. The molecule has 1 heterocycles. The number of rotatable bonds is 6. The molecular formula is C19H21NO5S2. The van der Waals surface area contributed by atoms with Gasteiger partial charge in [0.05, 0.1) is 17.1 Å². The van der Waals surface area contributed by atoms with Gasteiger partial charge in [-0.15, -0.1) is 11.3 Å². The van der Waals surface area contributed by atoms with E-state index in [2.05, 4.69) is 5.32 Å². The first-order valence-electron chi connectivity index (χ1n) is 8.63. The highest BCUT2D eigenvalue weighted by atomic mass is 32.2. The Balaban J connectivity index is 1.93. The number of thiophene rings is 1. The molecule has 1 fully saturated rings. The summed E-state index contributed by atoms with van der Waals surface area (Å²) >= 11 is 1.25. The van der Waals surface area contributed by atoms with Crippen molar-refractivity contribution in [3.05, 3.63) is 46.3 Å². The van der Waals surface area contributed by atoms with Crippen molar-refractivity contribution in [2.75, 3.05) is 11.9 Å². The van der Waals surface area contributed by atoms with Gasteiger partial charge >= 0.3 is 5.97 Å². The molecule has 0 bridgehead atoms. The number of nitrogens with one attached hydrogen (secondary N) is 1. The summed E-state index contributed by atoms with van der Waals surface area (Å²) in [7, 11) is -3.82. The molecular weight excluding hydrogens is 386 g/mol. The van der Waals surface area contributed by atoms with Gasteiger partial charge < -0.3 is 10.1 Å². The van der Waals surface area contributed by atoms with E-state index in [1.807, 2.05) is 6.92 Å². The predicted octanol–water partition coefficient (Wildman–Crippen LogP) is 3.49.